The van der Waals surface area contributed by atoms with Crippen LogP contribution in [0.3, 0.4) is 0 Å². The number of halogens is 1. The van der Waals surface area contributed by atoms with Crippen molar-refractivity contribution >= 4 is 51.8 Å². The summed E-state index contributed by atoms with van der Waals surface area (Å²) in [4.78, 5) is 32.0. The van der Waals surface area contributed by atoms with Crippen molar-refractivity contribution in [3.8, 4) is 0 Å². The number of benzene rings is 1. The average Bonchev–Trinajstić information content (AvgIpc) is 3.49. The third-order valence-electron chi connectivity index (χ3n) is 5.60. The predicted octanol–water partition coefficient (Wildman–Crippen LogP) is 5.38. The van der Waals surface area contributed by atoms with Crippen LogP contribution < -0.4 is 4.90 Å². The monoisotopic (exact) mass is 442 g/mol. The normalized spacial score (nSPS) is 18.9. The van der Waals surface area contributed by atoms with Crippen LogP contribution in [0.5, 0.6) is 0 Å². The second-order valence-electron chi connectivity index (χ2n) is 7.28. The molecule has 1 atom stereocenters. The molecule has 2 aromatic heterocycles. The number of carbonyl (C=O) groups is 2. The molecule has 0 unspecified atom stereocenters. The van der Waals surface area contributed by atoms with Gasteiger partial charge < -0.3 is 9.80 Å². The molecule has 0 spiro atoms. The van der Waals surface area contributed by atoms with Crippen molar-refractivity contribution in [2.75, 3.05) is 18.0 Å². The van der Waals surface area contributed by atoms with Gasteiger partial charge >= 0.3 is 0 Å². The molecular formula is C22H19ClN2O2S2. The van der Waals surface area contributed by atoms with Crippen LogP contribution in [0, 0.1) is 0 Å². The lowest BCUT2D eigenvalue weighted by Crippen LogP contribution is -2.39. The quantitative estimate of drug-likeness (QED) is 0.546. The first-order valence-corrected chi connectivity index (χ1v) is 11.8. The van der Waals surface area contributed by atoms with Crippen molar-refractivity contribution in [2.45, 2.75) is 25.3 Å². The van der Waals surface area contributed by atoms with E-state index in [0.29, 0.717) is 35.8 Å². The zero-order chi connectivity index (χ0) is 20.0. The number of anilines is 1. The van der Waals surface area contributed by atoms with Crippen molar-refractivity contribution in [2.24, 2.45) is 0 Å². The molecule has 3 aromatic rings. The fourth-order valence-electron chi connectivity index (χ4n) is 4.21. The van der Waals surface area contributed by atoms with E-state index >= 15 is 0 Å². The molecule has 1 fully saturated rings. The van der Waals surface area contributed by atoms with Crippen molar-refractivity contribution in [1.82, 2.24) is 4.90 Å². The maximum atomic E-state index is 13.6. The number of carbonyl (C=O) groups excluding carboxylic acids is 2. The Kier molecular flexibility index (Phi) is 4.94. The van der Waals surface area contributed by atoms with Crippen LogP contribution >= 0.6 is 34.3 Å². The molecule has 2 amide bonds. The lowest BCUT2D eigenvalue weighted by Gasteiger charge is -2.35. The molecule has 7 heteroatoms. The Hall–Kier alpha value is -2.15. The van der Waals surface area contributed by atoms with Gasteiger partial charge in [0, 0.05) is 34.8 Å². The second kappa shape index (κ2) is 7.59. The minimum Gasteiger partial charge on any atom is -0.326 e. The Morgan fingerprint density at radius 1 is 1.07 bits per heavy atom. The number of rotatable bonds is 3. The van der Waals surface area contributed by atoms with Gasteiger partial charge in [0.05, 0.1) is 16.8 Å². The Morgan fingerprint density at radius 2 is 1.97 bits per heavy atom. The molecule has 0 aliphatic carbocycles. The molecule has 0 radical (unpaired) electrons. The topological polar surface area (TPSA) is 40.6 Å². The minimum absolute atomic E-state index is 0.0233. The van der Waals surface area contributed by atoms with Crippen LogP contribution in [-0.2, 0) is 11.2 Å². The molecule has 5 rings (SSSR count). The fraction of sp³-hybridized carbons (Fsp3) is 0.273. The first-order valence-electron chi connectivity index (χ1n) is 9.64. The SMILES string of the molecule is O=C1CCCN1c1cc(C(=O)N2CCc3sccc3[C@H]2c2cccs2)ccc1Cl. The molecule has 4 nitrogen and oxygen atoms in total. The Labute approximate surface area is 182 Å². The van der Waals surface area contributed by atoms with Gasteiger partial charge in [-0.05, 0) is 59.5 Å². The highest BCUT2D eigenvalue weighted by Crippen LogP contribution is 2.40. The lowest BCUT2D eigenvalue weighted by molar-refractivity contribution is -0.117. The Balaban J connectivity index is 1.52. The summed E-state index contributed by atoms with van der Waals surface area (Å²) in [5.41, 5.74) is 2.44. The molecule has 2 aliphatic heterocycles. The molecule has 0 bridgehead atoms. The van der Waals surface area contributed by atoms with Gasteiger partial charge in [-0.1, -0.05) is 17.7 Å². The van der Waals surface area contributed by atoms with E-state index < -0.39 is 0 Å². The Morgan fingerprint density at radius 3 is 2.72 bits per heavy atom. The summed E-state index contributed by atoms with van der Waals surface area (Å²) in [6, 6.07) is 11.5. The summed E-state index contributed by atoms with van der Waals surface area (Å²) in [6.45, 7) is 1.32. The highest BCUT2D eigenvalue weighted by Gasteiger charge is 2.34. The summed E-state index contributed by atoms with van der Waals surface area (Å²) >= 11 is 9.82. The van der Waals surface area contributed by atoms with Crippen LogP contribution in [0.4, 0.5) is 5.69 Å². The predicted molar refractivity (Wildman–Crippen MR) is 118 cm³/mol. The van der Waals surface area contributed by atoms with Crippen LogP contribution in [-0.4, -0.2) is 29.8 Å². The molecule has 1 aromatic carbocycles. The first kappa shape index (κ1) is 18.9. The molecule has 0 N–H and O–H groups in total. The summed E-state index contributed by atoms with van der Waals surface area (Å²) in [5.74, 6) is 0.0404. The minimum atomic E-state index is -0.0648. The van der Waals surface area contributed by atoms with Crippen molar-refractivity contribution < 1.29 is 9.59 Å². The number of hydrogen-bond acceptors (Lipinski definition) is 4. The van der Waals surface area contributed by atoms with Gasteiger partial charge in [0.2, 0.25) is 5.91 Å². The van der Waals surface area contributed by atoms with Crippen LogP contribution in [0.2, 0.25) is 5.02 Å². The van der Waals surface area contributed by atoms with Gasteiger partial charge in [0.1, 0.15) is 0 Å². The molecule has 0 saturated carbocycles. The molecule has 4 heterocycles. The highest BCUT2D eigenvalue weighted by molar-refractivity contribution is 7.10. The number of thiophene rings is 2. The van der Waals surface area contributed by atoms with E-state index in [2.05, 4.69) is 22.9 Å². The van der Waals surface area contributed by atoms with E-state index in [1.165, 1.54) is 15.3 Å². The number of fused-ring (bicyclic) bond motifs is 1. The standard InChI is InChI=1S/C22H19ClN2O2S2/c23-16-6-5-14(13-17(16)24-9-1-4-20(24)26)22(27)25-10-7-18-15(8-12-29-18)21(25)19-3-2-11-28-19/h2-3,5-6,8,11-13,21H,1,4,7,9-10H2/t21-/m0/s1. The van der Waals surface area contributed by atoms with Gasteiger partial charge in [-0.3, -0.25) is 9.59 Å². The van der Waals surface area contributed by atoms with Gasteiger partial charge in [0.15, 0.2) is 0 Å². The molecule has 29 heavy (non-hydrogen) atoms. The zero-order valence-corrected chi connectivity index (χ0v) is 18.0. The average molecular weight is 443 g/mol. The number of nitrogens with zero attached hydrogens (tertiary/aromatic N) is 2. The summed E-state index contributed by atoms with van der Waals surface area (Å²) in [5, 5.41) is 4.67. The highest BCUT2D eigenvalue weighted by atomic mass is 35.5. The number of hydrogen-bond donors (Lipinski definition) is 0. The van der Waals surface area contributed by atoms with Crippen molar-refractivity contribution in [3.63, 3.8) is 0 Å². The third-order valence-corrected chi connectivity index (χ3v) is 7.84. The molecule has 2 aliphatic rings. The van der Waals surface area contributed by atoms with Gasteiger partial charge in [0.25, 0.3) is 5.91 Å². The smallest absolute Gasteiger partial charge is 0.254 e. The van der Waals surface area contributed by atoms with E-state index in [4.69, 9.17) is 11.6 Å². The molecule has 148 valence electrons. The maximum Gasteiger partial charge on any atom is 0.254 e. The Bertz CT molecular complexity index is 1080. The second-order valence-corrected chi connectivity index (χ2v) is 9.67. The van der Waals surface area contributed by atoms with Crippen molar-refractivity contribution in [3.05, 3.63) is 73.1 Å². The first-order chi connectivity index (χ1) is 14.1. The largest absolute Gasteiger partial charge is 0.326 e. The molecule has 1 saturated heterocycles. The van der Waals surface area contributed by atoms with E-state index in [1.54, 1.807) is 45.8 Å². The van der Waals surface area contributed by atoms with Crippen molar-refractivity contribution in [1.29, 1.82) is 0 Å². The fourth-order valence-corrected chi connectivity index (χ4v) is 6.19. The van der Waals surface area contributed by atoms with Gasteiger partial charge in [-0.15, -0.1) is 22.7 Å². The number of amides is 2. The summed E-state index contributed by atoms with van der Waals surface area (Å²) in [6.07, 6.45) is 2.22. The van der Waals surface area contributed by atoms with Crippen LogP contribution in [0.15, 0.2) is 47.2 Å². The summed E-state index contributed by atoms with van der Waals surface area (Å²) in [7, 11) is 0. The van der Waals surface area contributed by atoms with E-state index in [9.17, 15) is 9.59 Å². The summed E-state index contributed by atoms with van der Waals surface area (Å²) < 4.78 is 0. The van der Waals surface area contributed by atoms with E-state index in [-0.39, 0.29) is 17.9 Å². The van der Waals surface area contributed by atoms with Crippen LogP contribution in [0.1, 0.15) is 44.6 Å². The van der Waals surface area contributed by atoms with E-state index in [0.717, 1.165) is 12.8 Å². The van der Waals surface area contributed by atoms with Gasteiger partial charge in [-0.2, -0.15) is 0 Å². The maximum absolute atomic E-state index is 13.6. The van der Waals surface area contributed by atoms with Gasteiger partial charge in [-0.25, -0.2) is 0 Å². The molecular weight excluding hydrogens is 424 g/mol. The van der Waals surface area contributed by atoms with E-state index in [1.807, 2.05) is 11.0 Å². The lowest BCUT2D eigenvalue weighted by atomic mass is 9.97. The zero-order valence-electron chi connectivity index (χ0n) is 15.6. The van der Waals surface area contributed by atoms with Crippen LogP contribution in [0.25, 0.3) is 0 Å². The third kappa shape index (κ3) is 3.29.